The van der Waals surface area contributed by atoms with Crippen LogP contribution in [0.25, 0.3) is 22.6 Å². The number of aromatic nitrogens is 3. The second-order valence-electron chi connectivity index (χ2n) is 6.27. The Labute approximate surface area is 176 Å². The number of pyridine rings is 1. The van der Waals surface area contributed by atoms with Crippen LogP contribution in [0.3, 0.4) is 0 Å². The summed E-state index contributed by atoms with van der Waals surface area (Å²) in [6.45, 7) is 0. The number of carboxylic acids is 1. The van der Waals surface area contributed by atoms with E-state index in [2.05, 4.69) is 26.8 Å². The molecule has 0 unspecified atom stereocenters. The molecular weight excluding hydrogens is 405 g/mol. The van der Waals surface area contributed by atoms with Gasteiger partial charge in [-0.05, 0) is 36.3 Å². The van der Waals surface area contributed by atoms with Crippen molar-refractivity contribution in [2.45, 2.75) is 0 Å². The molecule has 0 saturated carbocycles. The number of benzene rings is 2. The third-order valence-corrected chi connectivity index (χ3v) is 4.61. The second kappa shape index (κ2) is 8.19. The number of imidazole rings is 1. The van der Waals surface area contributed by atoms with Crippen LogP contribution < -0.4 is 0 Å². The van der Waals surface area contributed by atoms with E-state index in [0.717, 1.165) is 5.56 Å². The van der Waals surface area contributed by atoms with Crippen molar-refractivity contribution in [3.63, 3.8) is 0 Å². The second-order valence-corrected chi connectivity index (χ2v) is 6.67. The lowest BCUT2D eigenvalue weighted by molar-refractivity contribution is 0.0697. The molecule has 0 aliphatic heterocycles. The number of rotatable bonds is 3. The molecule has 2 heterocycles. The summed E-state index contributed by atoms with van der Waals surface area (Å²) in [4.78, 5) is 23.2. The molecule has 0 bridgehead atoms. The van der Waals surface area contributed by atoms with Gasteiger partial charge < -0.3 is 10.1 Å². The van der Waals surface area contributed by atoms with Crippen LogP contribution in [0.5, 0.6) is 0 Å². The number of hydrogen-bond acceptors (Lipinski definition) is 3. The van der Waals surface area contributed by atoms with Crippen molar-refractivity contribution in [1.82, 2.24) is 15.0 Å². The first-order valence-electron chi connectivity index (χ1n) is 8.83. The molecule has 0 aliphatic rings. The average molecular weight is 418 g/mol. The van der Waals surface area contributed by atoms with Gasteiger partial charge in [0.2, 0.25) is 0 Å². The van der Waals surface area contributed by atoms with E-state index in [1.165, 1.54) is 30.6 Å². The quantitative estimate of drug-likeness (QED) is 0.458. The molecule has 0 amide bonds. The van der Waals surface area contributed by atoms with Crippen LogP contribution in [0.15, 0.2) is 67.0 Å². The SMILES string of the molecule is O=C(O)c1cc(C#Cc2ccccc2)ncc1-c1c[nH]c(-c2c(F)cccc2Cl)n1. The Kier molecular flexibility index (Phi) is 5.29. The number of halogens is 2. The van der Waals surface area contributed by atoms with Gasteiger partial charge in [0.05, 0.1) is 21.8 Å². The summed E-state index contributed by atoms with van der Waals surface area (Å²) < 4.78 is 14.2. The predicted molar refractivity (Wildman–Crippen MR) is 112 cm³/mol. The van der Waals surface area contributed by atoms with Crippen LogP contribution in [-0.2, 0) is 0 Å². The van der Waals surface area contributed by atoms with E-state index in [0.29, 0.717) is 11.4 Å². The predicted octanol–water partition coefficient (Wildman–Crippen LogP) is 5.03. The van der Waals surface area contributed by atoms with Crippen molar-refractivity contribution >= 4 is 17.6 Å². The highest BCUT2D eigenvalue weighted by Gasteiger charge is 2.18. The highest BCUT2D eigenvalue weighted by atomic mass is 35.5. The van der Waals surface area contributed by atoms with Crippen molar-refractivity contribution in [2.75, 3.05) is 0 Å². The zero-order valence-electron chi connectivity index (χ0n) is 15.4. The lowest BCUT2D eigenvalue weighted by atomic mass is 10.1. The summed E-state index contributed by atoms with van der Waals surface area (Å²) >= 11 is 6.09. The standard InChI is InChI=1S/C23H13ClFN3O2/c24-18-7-4-8-19(25)21(18)22-27-13-20(28-22)17-12-26-15(11-16(17)23(29)30)10-9-14-5-2-1-3-6-14/h1-8,11-13H,(H,27,28)(H,29,30). The maximum absolute atomic E-state index is 14.2. The molecule has 0 aliphatic carbocycles. The number of carbonyl (C=O) groups is 1. The Morgan fingerprint density at radius 2 is 1.90 bits per heavy atom. The van der Waals surface area contributed by atoms with E-state index in [4.69, 9.17) is 11.6 Å². The lowest BCUT2D eigenvalue weighted by Crippen LogP contribution is -2.02. The van der Waals surface area contributed by atoms with Gasteiger partial charge in [0.25, 0.3) is 0 Å². The molecule has 0 radical (unpaired) electrons. The summed E-state index contributed by atoms with van der Waals surface area (Å²) in [6.07, 6.45) is 2.87. The zero-order valence-corrected chi connectivity index (χ0v) is 16.1. The van der Waals surface area contributed by atoms with Crippen LogP contribution in [-0.4, -0.2) is 26.0 Å². The maximum Gasteiger partial charge on any atom is 0.336 e. The van der Waals surface area contributed by atoms with Crippen LogP contribution in [0, 0.1) is 17.7 Å². The average Bonchev–Trinajstić information content (AvgIpc) is 3.22. The molecule has 5 nitrogen and oxygen atoms in total. The van der Waals surface area contributed by atoms with Crippen LogP contribution in [0.2, 0.25) is 5.02 Å². The summed E-state index contributed by atoms with van der Waals surface area (Å²) in [5, 5.41) is 9.85. The molecule has 30 heavy (non-hydrogen) atoms. The van der Waals surface area contributed by atoms with E-state index in [1.807, 2.05) is 30.3 Å². The highest BCUT2D eigenvalue weighted by Crippen LogP contribution is 2.31. The molecule has 4 aromatic rings. The third-order valence-electron chi connectivity index (χ3n) is 4.30. The van der Waals surface area contributed by atoms with Gasteiger partial charge in [0.1, 0.15) is 17.3 Å². The van der Waals surface area contributed by atoms with E-state index >= 15 is 0 Å². The van der Waals surface area contributed by atoms with Gasteiger partial charge in [-0.1, -0.05) is 41.8 Å². The molecule has 0 fully saturated rings. The number of hydrogen-bond donors (Lipinski definition) is 2. The Balaban J connectivity index is 1.73. The molecule has 2 aromatic heterocycles. The smallest absolute Gasteiger partial charge is 0.336 e. The topological polar surface area (TPSA) is 78.9 Å². The first-order valence-corrected chi connectivity index (χ1v) is 9.21. The lowest BCUT2D eigenvalue weighted by Gasteiger charge is -2.04. The minimum Gasteiger partial charge on any atom is -0.478 e. The summed E-state index contributed by atoms with van der Waals surface area (Å²) in [5.74, 6) is 4.31. The molecule has 4 rings (SSSR count). The molecule has 7 heteroatoms. The van der Waals surface area contributed by atoms with Gasteiger partial charge in [0, 0.05) is 23.5 Å². The number of carboxylic acid groups (broad SMARTS) is 1. The molecule has 0 saturated heterocycles. The molecule has 2 N–H and O–H groups in total. The largest absolute Gasteiger partial charge is 0.478 e. The fourth-order valence-electron chi connectivity index (χ4n) is 2.87. The van der Waals surface area contributed by atoms with Gasteiger partial charge in [-0.15, -0.1) is 0 Å². The van der Waals surface area contributed by atoms with Crippen molar-refractivity contribution < 1.29 is 14.3 Å². The molecule has 2 aromatic carbocycles. The highest BCUT2D eigenvalue weighted by molar-refractivity contribution is 6.33. The fraction of sp³-hybridized carbons (Fsp3) is 0. The van der Waals surface area contributed by atoms with Gasteiger partial charge >= 0.3 is 5.97 Å². The maximum atomic E-state index is 14.2. The first-order chi connectivity index (χ1) is 14.5. The van der Waals surface area contributed by atoms with Gasteiger partial charge in [-0.25, -0.2) is 19.2 Å². The number of nitrogens with zero attached hydrogens (tertiary/aromatic N) is 2. The normalized spacial score (nSPS) is 10.3. The minimum atomic E-state index is -1.15. The zero-order chi connectivity index (χ0) is 21.1. The van der Waals surface area contributed by atoms with Crippen molar-refractivity contribution in [3.8, 4) is 34.5 Å². The fourth-order valence-corrected chi connectivity index (χ4v) is 3.13. The van der Waals surface area contributed by atoms with Crippen LogP contribution >= 0.6 is 11.6 Å². The number of aromatic amines is 1. The molecule has 0 atom stereocenters. The molecule has 0 spiro atoms. The van der Waals surface area contributed by atoms with Gasteiger partial charge in [-0.2, -0.15) is 0 Å². The first kappa shape index (κ1) is 19.4. The number of H-pyrrole nitrogens is 1. The minimum absolute atomic E-state index is 0.0138. The Bertz CT molecular complexity index is 1290. The summed E-state index contributed by atoms with van der Waals surface area (Å²) in [5.41, 5.74) is 1.78. The van der Waals surface area contributed by atoms with E-state index in [9.17, 15) is 14.3 Å². The number of aromatic carboxylic acids is 1. The third kappa shape index (κ3) is 3.93. The summed E-state index contributed by atoms with van der Waals surface area (Å²) in [7, 11) is 0. The van der Waals surface area contributed by atoms with Crippen molar-refractivity contribution in [2.24, 2.45) is 0 Å². The van der Waals surface area contributed by atoms with Gasteiger partial charge in [0.15, 0.2) is 0 Å². The van der Waals surface area contributed by atoms with Crippen LogP contribution in [0.1, 0.15) is 21.6 Å². The Morgan fingerprint density at radius 3 is 2.63 bits per heavy atom. The van der Waals surface area contributed by atoms with Crippen molar-refractivity contribution in [3.05, 3.63) is 94.7 Å². The molecular formula is C23H13ClFN3O2. The Morgan fingerprint density at radius 1 is 1.10 bits per heavy atom. The van der Waals surface area contributed by atoms with Crippen LogP contribution in [0.4, 0.5) is 4.39 Å². The Hall–Kier alpha value is -3.95. The van der Waals surface area contributed by atoms with Gasteiger partial charge in [-0.3, -0.25) is 0 Å². The number of nitrogens with one attached hydrogen (secondary N) is 1. The van der Waals surface area contributed by atoms with E-state index in [1.54, 1.807) is 6.07 Å². The van der Waals surface area contributed by atoms with E-state index < -0.39 is 11.8 Å². The molecule has 146 valence electrons. The van der Waals surface area contributed by atoms with E-state index in [-0.39, 0.29) is 27.5 Å². The van der Waals surface area contributed by atoms with Crippen molar-refractivity contribution in [1.29, 1.82) is 0 Å². The summed E-state index contributed by atoms with van der Waals surface area (Å²) in [6, 6.07) is 15.0. The monoisotopic (exact) mass is 417 g/mol.